The van der Waals surface area contributed by atoms with Crippen LogP contribution in [0, 0.1) is 6.92 Å². The molecule has 4 nitrogen and oxygen atoms in total. The van der Waals surface area contributed by atoms with Crippen LogP contribution in [0.25, 0.3) is 0 Å². The lowest BCUT2D eigenvalue weighted by Crippen LogP contribution is -2.38. The summed E-state index contributed by atoms with van der Waals surface area (Å²) in [5.74, 6) is 0.898. The molecule has 2 rings (SSSR count). The molecule has 94 valence electrons. The monoisotopic (exact) mass is 234 g/mol. The molecule has 1 aliphatic heterocycles. The molecule has 0 radical (unpaired) electrons. The van der Waals surface area contributed by atoms with Gasteiger partial charge in [0.05, 0.1) is 0 Å². The highest BCUT2D eigenvalue weighted by Crippen LogP contribution is 2.21. The second-order valence-electron chi connectivity index (χ2n) is 4.85. The molecule has 1 atom stereocenters. The molecule has 1 aromatic rings. The van der Waals surface area contributed by atoms with Gasteiger partial charge in [0, 0.05) is 36.6 Å². The van der Waals surface area contributed by atoms with Crippen molar-refractivity contribution >= 4 is 5.95 Å². The first-order valence-electron chi connectivity index (χ1n) is 6.46. The van der Waals surface area contributed by atoms with E-state index >= 15 is 0 Å². The molecule has 1 fully saturated rings. The Morgan fingerprint density at radius 1 is 1.47 bits per heavy atom. The Balaban J connectivity index is 2.18. The zero-order valence-electron chi connectivity index (χ0n) is 11.0. The minimum Gasteiger partial charge on any atom is -0.338 e. The van der Waals surface area contributed by atoms with Crippen LogP contribution in [0.2, 0.25) is 0 Å². The Hall–Kier alpha value is -1.16. The number of aryl methyl sites for hydroxylation is 1. The van der Waals surface area contributed by atoms with E-state index < -0.39 is 0 Å². The fourth-order valence-corrected chi connectivity index (χ4v) is 2.38. The first kappa shape index (κ1) is 12.3. The number of nitrogens with zero attached hydrogens (tertiary/aromatic N) is 3. The van der Waals surface area contributed by atoms with Gasteiger partial charge in [0.2, 0.25) is 5.95 Å². The van der Waals surface area contributed by atoms with Crippen LogP contribution >= 0.6 is 0 Å². The highest BCUT2D eigenvalue weighted by molar-refractivity contribution is 5.34. The molecule has 1 aromatic heterocycles. The van der Waals surface area contributed by atoms with E-state index in [1.54, 1.807) is 0 Å². The summed E-state index contributed by atoms with van der Waals surface area (Å²) in [6.45, 7) is 6.25. The largest absolute Gasteiger partial charge is 0.338 e. The molecular formula is C13H22N4. The van der Waals surface area contributed by atoms with Crippen LogP contribution in [0.15, 0.2) is 6.20 Å². The van der Waals surface area contributed by atoms with Gasteiger partial charge in [-0.1, -0.05) is 0 Å². The Morgan fingerprint density at radius 3 is 2.94 bits per heavy atom. The third kappa shape index (κ3) is 2.75. The Morgan fingerprint density at radius 2 is 2.29 bits per heavy atom. The van der Waals surface area contributed by atoms with Crippen LogP contribution in [0.4, 0.5) is 5.95 Å². The minimum absolute atomic E-state index is 0.568. The van der Waals surface area contributed by atoms with Gasteiger partial charge in [0.25, 0.3) is 0 Å². The maximum absolute atomic E-state index is 4.64. The van der Waals surface area contributed by atoms with Gasteiger partial charge in [-0.15, -0.1) is 0 Å². The van der Waals surface area contributed by atoms with Gasteiger partial charge in [0.15, 0.2) is 0 Å². The molecule has 0 bridgehead atoms. The van der Waals surface area contributed by atoms with Gasteiger partial charge in [-0.25, -0.2) is 9.97 Å². The van der Waals surface area contributed by atoms with Gasteiger partial charge < -0.3 is 10.2 Å². The summed E-state index contributed by atoms with van der Waals surface area (Å²) in [4.78, 5) is 11.5. The average molecular weight is 234 g/mol. The molecular weight excluding hydrogens is 212 g/mol. The van der Waals surface area contributed by atoms with E-state index in [0.29, 0.717) is 6.04 Å². The molecule has 0 amide bonds. The summed E-state index contributed by atoms with van der Waals surface area (Å²) in [6, 6.07) is 0.568. The smallest absolute Gasteiger partial charge is 0.225 e. The van der Waals surface area contributed by atoms with Crippen LogP contribution in [-0.2, 0) is 6.54 Å². The zero-order valence-corrected chi connectivity index (χ0v) is 11.0. The standard InChI is InChI=1S/C13H22N4/c1-10-6-4-5-7-17(10)13-15-9-12(8-14-3)11(2)16-13/h9-10,14H,4-8H2,1-3H3. The molecule has 0 saturated carbocycles. The van der Waals surface area contributed by atoms with E-state index in [1.165, 1.54) is 24.8 Å². The Labute approximate surface area is 103 Å². The van der Waals surface area contributed by atoms with E-state index in [1.807, 2.05) is 13.2 Å². The number of hydrogen-bond acceptors (Lipinski definition) is 4. The maximum Gasteiger partial charge on any atom is 0.225 e. The fraction of sp³-hybridized carbons (Fsp3) is 0.692. The molecule has 1 unspecified atom stereocenters. The van der Waals surface area contributed by atoms with Crippen LogP contribution < -0.4 is 10.2 Å². The van der Waals surface area contributed by atoms with Gasteiger partial charge in [0.1, 0.15) is 0 Å². The highest BCUT2D eigenvalue weighted by Gasteiger charge is 2.20. The van der Waals surface area contributed by atoms with Crippen LogP contribution in [0.1, 0.15) is 37.4 Å². The number of aromatic nitrogens is 2. The lowest BCUT2D eigenvalue weighted by Gasteiger charge is -2.33. The van der Waals surface area contributed by atoms with Crippen molar-refractivity contribution in [1.82, 2.24) is 15.3 Å². The van der Waals surface area contributed by atoms with E-state index in [4.69, 9.17) is 0 Å². The predicted octanol–water partition coefficient (Wildman–Crippen LogP) is 1.88. The molecule has 0 aliphatic carbocycles. The topological polar surface area (TPSA) is 41.1 Å². The molecule has 2 heterocycles. The molecule has 0 aromatic carbocycles. The van der Waals surface area contributed by atoms with Crippen LogP contribution in [-0.4, -0.2) is 29.6 Å². The number of rotatable bonds is 3. The number of piperidine rings is 1. The quantitative estimate of drug-likeness (QED) is 0.867. The molecule has 17 heavy (non-hydrogen) atoms. The second-order valence-corrected chi connectivity index (χ2v) is 4.85. The SMILES string of the molecule is CNCc1cnc(N2CCCCC2C)nc1C. The molecule has 0 spiro atoms. The molecule has 1 saturated heterocycles. The van der Waals surface area contributed by atoms with Crippen molar-refractivity contribution in [1.29, 1.82) is 0 Å². The van der Waals surface area contributed by atoms with Gasteiger partial charge >= 0.3 is 0 Å². The lowest BCUT2D eigenvalue weighted by atomic mass is 10.0. The lowest BCUT2D eigenvalue weighted by molar-refractivity contribution is 0.476. The Bertz CT molecular complexity index is 378. The van der Waals surface area contributed by atoms with Crippen molar-refractivity contribution in [3.8, 4) is 0 Å². The second kappa shape index (κ2) is 5.45. The Kier molecular flexibility index (Phi) is 3.94. The maximum atomic E-state index is 4.64. The van der Waals surface area contributed by atoms with Crippen molar-refractivity contribution in [2.24, 2.45) is 0 Å². The molecule has 4 heteroatoms. The van der Waals surface area contributed by atoms with Crippen molar-refractivity contribution < 1.29 is 0 Å². The fourth-order valence-electron chi connectivity index (χ4n) is 2.38. The van der Waals surface area contributed by atoms with Gasteiger partial charge in [-0.2, -0.15) is 0 Å². The summed E-state index contributed by atoms with van der Waals surface area (Å²) in [6.07, 6.45) is 5.79. The van der Waals surface area contributed by atoms with E-state index in [-0.39, 0.29) is 0 Å². The first-order chi connectivity index (χ1) is 8.22. The van der Waals surface area contributed by atoms with Gasteiger partial charge in [-0.3, -0.25) is 0 Å². The van der Waals surface area contributed by atoms with E-state index in [0.717, 1.165) is 24.7 Å². The summed E-state index contributed by atoms with van der Waals surface area (Å²) in [5, 5.41) is 3.14. The van der Waals surface area contributed by atoms with Gasteiger partial charge in [-0.05, 0) is 40.2 Å². The number of hydrogen-bond donors (Lipinski definition) is 1. The van der Waals surface area contributed by atoms with Crippen molar-refractivity contribution in [3.63, 3.8) is 0 Å². The van der Waals surface area contributed by atoms with E-state index in [9.17, 15) is 0 Å². The summed E-state index contributed by atoms with van der Waals surface area (Å²) >= 11 is 0. The average Bonchev–Trinajstić information content (AvgIpc) is 2.33. The minimum atomic E-state index is 0.568. The van der Waals surface area contributed by atoms with Crippen LogP contribution in [0.5, 0.6) is 0 Å². The summed E-state index contributed by atoms with van der Waals surface area (Å²) in [7, 11) is 1.94. The third-order valence-electron chi connectivity index (χ3n) is 3.50. The summed E-state index contributed by atoms with van der Waals surface area (Å²) < 4.78 is 0. The highest BCUT2D eigenvalue weighted by atomic mass is 15.3. The van der Waals surface area contributed by atoms with E-state index in [2.05, 4.69) is 34.0 Å². The zero-order chi connectivity index (χ0) is 12.3. The normalized spacial score (nSPS) is 20.6. The first-order valence-corrected chi connectivity index (χ1v) is 6.46. The molecule has 1 aliphatic rings. The van der Waals surface area contributed by atoms with Crippen molar-refractivity contribution in [2.75, 3.05) is 18.5 Å². The van der Waals surface area contributed by atoms with Crippen molar-refractivity contribution in [3.05, 3.63) is 17.5 Å². The predicted molar refractivity (Wildman–Crippen MR) is 70.2 cm³/mol. The van der Waals surface area contributed by atoms with Crippen LogP contribution in [0.3, 0.4) is 0 Å². The summed E-state index contributed by atoms with van der Waals surface area (Å²) in [5.41, 5.74) is 2.27. The molecule has 1 N–H and O–H groups in total. The third-order valence-corrected chi connectivity index (χ3v) is 3.50. The number of nitrogens with one attached hydrogen (secondary N) is 1. The van der Waals surface area contributed by atoms with Crippen molar-refractivity contribution in [2.45, 2.75) is 45.7 Å². The number of anilines is 1.